The molecule has 2 unspecified atom stereocenters. The Morgan fingerprint density at radius 3 is 2.52 bits per heavy atom. The quantitative estimate of drug-likeness (QED) is 0.494. The summed E-state index contributed by atoms with van der Waals surface area (Å²) >= 11 is 0. The SMILES string of the molecule is NS(=O)(=O)C1C=CC=CC1(OCc1ccccc1)[N+](=O)[O-]. The van der Waals surface area contributed by atoms with E-state index in [1.54, 1.807) is 30.3 Å². The van der Waals surface area contributed by atoms with Gasteiger partial charge in [0.25, 0.3) is 0 Å². The van der Waals surface area contributed by atoms with Crippen molar-refractivity contribution in [3.63, 3.8) is 0 Å². The Hall–Kier alpha value is -2.03. The first kappa shape index (κ1) is 15.4. The van der Waals surface area contributed by atoms with Gasteiger partial charge in [0, 0.05) is 6.08 Å². The minimum Gasteiger partial charge on any atom is -0.305 e. The second-order valence-corrected chi connectivity index (χ2v) is 6.22. The van der Waals surface area contributed by atoms with Gasteiger partial charge in [-0.2, -0.15) is 0 Å². The summed E-state index contributed by atoms with van der Waals surface area (Å²) in [5.41, 5.74) is -1.53. The van der Waals surface area contributed by atoms with Crippen molar-refractivity contribution >= 4 is 10.0 Å². The molecule has 0 aromatic heterocycles. The molecule has 1 aromatic carbocycles. The second kappa shape index (κ2) is 5.76. The molecule has 0 heterocycles. The van der Waals surface area contributed by atoms with Gasteiger partial charge in [0.15, 0.2) is 5.25 Å². The van der Waals surface area contributed by atoms with Crippen LogP contribution in [-0.4, -0.2) is 24.3 Å². The third-order valence-electron chi connectivity index (χ3n) is 3.09. The standard InChI is InChI=1S/C13H14N2O5S/c14-21(18,19)12-8-4-5-9-13(12,15(16)17)20-10-11-6-2-1-3-7-11/h1-9,12H,10H2,(H2,14,18,19). The number of sulfonamides is 1. The zero-order chi connectivity index (χ0) is 15.5. The summed E-state index contributed by atoms with van der Waals surface area (Å²) in [6.07, 6.45) is 5.02. The van der Waals surface area contributed by atoms with Crippen LogP contribution in [0.15, 0.2) is 54.6 Å². The summed E-state index contributed by atoms with van der Waals surface area (Å²) in [4.78, 5) is 10.7. The number of primary sulfonamides is 1. The lowest BCUT2D eigenvalue weighted by atomic mass is 10.0. The van der Waals surface area contributed by atoms with Gasteiger partial charge in [-0.1, -0.05) is 48.6 Å². The van der Waals surface area contributed by atoms with E-state index < -0.39 is 25.9 Å². The molecule has 1 aromatic rings. The topological polar surface area (TPSA) is 113 Å². The van der Waals surface area contributed by atoms with E-state index in [2.05, 4.69) is 0 Å². The molecule has 0 amide bonds. The Labute approximate surface area is 121 Å². The van der Waals surface area contributed by atoms with Crippen LogP contribution in [0.25, 0.3) is 0 Å². The zero-order valence-electron chi connectivity index (χ0n) is 11.0. The van der Waals surface area contributed by atoms with Gasteiger partial charge in [0.2, 0.25) is 10.0 Å². The van der Waals surface area contributed by atoms with Crippen molar-refractivity contribution in [1.82, 2.24) is 0 Å². The van der Waals surface area contributed by atoms with Crippen molar-refractivity contribution in [3.05, 3.63) is 70.3 Å². The lowest BCUT2D eigenvalue weighted by molar-refractivity contribution is -0.613. The van der Waals surface area contributed by atoms with Crippen molar-refractivity contribution in [2.24, 2.45) is 5.14 Å². The summed E-state index contributed by atoms with van der Waals surface area (Å²) in [7, 11) is -4.19. The molecular weight excluding hydrogens is 296 g/mol. The molecule has 0 fully saturated rings. The van der Waals surface area contributed by atoms with E-state index in [0.29, 0.717) is 5.56 Å². The van der Waals surface area contributed by atoms with E-state index in [1.807, 2.05) is 0 Å². The van der Waals surface area contributed by atoms with Gasteiger partial charge in [-0.25, -0.2) is 13.6 Å². The Kier molecular flexibility index (Phi) is 4.21. The molecule has 112 valence electrons. The highest BCUT2D eigenvalue weighted by Gasteiger charge is 2.55. The number of nitrogens with zero attached hydrogens (tertiary/aromatic N) is 1. The van der Waals surface area contributed by atoms with E-state index in [-0.39, 0.29) is 6.61 Å². The number of hydrogen-bond acceptors (Lipinski definition) is 5. The van der Waals surface area contributed by atoms with Crippen molar-refractivity contribution < 1.29 is 18.1 Å². The summed E-state index contributed by atoms with van der Waals surface area (Å²) in [6, 6.07) is 8.75. The minimum absolute atomic E-state index is 0.105. The number of nitro groups is 1. The largest absolute Gasteiger partial charge is 0.366 e. The van der Waals surface area contributed by atoms with Crippen LogP contribution in [0.1, 0.15) is 5.56 Å². The van der Waals surface area contributed by atoms with E-state index in [9.17, 15) is 18.5 Å². The van der Waals surface area contributed by atoms with Crippen molar-refractivity contribution in [3.8, 4) is 0 Å². The molecule has 2 N–H and O–H groups in total. The summed E-state index contributed by atoms with van der Waals surface area (Å²) in [6.45, 7) is -0.105. The predicted octanol–water partition coefficient (Wildman–Crippen LogP) is 0.959. The summed E-state index contributed by atoms with van der Waals surface area (Å²) in [5.74, 6) is 0. The molecule has 7 nitrogen and oxygen atoms in total. The number of nitrogens with two attached hydrogens (primary N) is 1. The first-order valence-electron chi connectivity index (χ1n) is 6.06. The molecule has 21 heavy (non-hydrogen) atoms. The van der Waals surface area contributed by atoms with E-state index in [0.717, 1.165) is 12.2 Å². The second-order valence-electron chi connectivity index (χ2n) is 4.54. The van der Waals surface area contributed by atoms with Crippen molar-refractivity contribution in [2.45, 2.75) is 17.6 Å². The Morgan fingerprint density at radius 2 is 1.95 bits per heavy atom. The molecule has 0 saturated heterocycles. The first-order valence-corrected chi connectivity index (χ1v) is 7.67. The van der Waals surface area contributed by atoms with Gasteiger partial charge in [0.05, 0.1) is 11.5 Å². The van der Waals surface area contributed by atoms with Gasteiger partial charge in [-0.05, 0) is 5.56 Å². The molecule has 2 rings (SSSR count). The van der Waals surface area contributed by atoms with Crippen LogP contribution in [0, 0.1) is 10.1 Å². The van der Waals surface area contributed by atoms with E-state index in [1.165, 1.54) is 12.2 Å². The van der Waals surface area contributed by atoms with E-state index in [4.69, 9.17) is 9.88 Å². The average Bonchev–Trinajstić information content (AvgIpc) is 2.45. The fraction of sp³-hybridized carbons (Fsp3) is 0.231. The lowest BCUT2D eigenvalue weighted by Crippen LogP contribution is -2.55. The number of ether oxygens (including phenoxy) is 1. The Balaban J connectivity index is 2.34. The van der Waals surface area contributed by atoms with Gasteiger partial charge >= 0.3 is 5.72 Å². The molecule has 1 aliphatic rings. The highest BCUT2D eigenvalue weighted by atomic mass is 32.2. The molecule has 0 radical (unpaired) electrons. The highest BCUT2D eigenvalue weighted by molar-refractivity contribution is 7.90. The van der Waals surface area contributed by atoms with Crippen molar-refractivity contribution in [1.29, 1.82) is 0 Å². The molecule has 1 aliphatic carbocycles. The van der Waals surface area contributed by atoms with E-state index >= 15 is 0 Å². The first-order chi connectivity index (χ1) is 9.86. The monoisotopic (exact) mass is 310 g/mol. The maximum absolute atomic E-state index is 11.6. The maximum Gasteiger partial charge on any atom is 0.366 e. The number of benzene rings is 1. The number of rotatable bonds is 5. The fourth-order valence-corrected chi connectivity index (χ4v) is 3.07. The number of allylic oxidation sites excluding steroid dienone is 2. The van der Waals surface area contributed by atoms with Crippen LogP contribution in [0.2, 0.25) is 0 Å². The third-order valence-corrected chi connectivity index (χ3v) is 4.29. The predicted molar refractivity (Wildman–Crippen MR) is 76.1 cm³/mol. The summed E-state index contributed by atoms with van der Waals surface area (Å²) in [5, 5.41) is 14.9. The zero-order valence-corrected chi connectivity index (χ0v) is 11.8. The minimum atomic E-state index is -4.19. The highest BCUT2D eigenvalue weighted by Crippen LogP contribution is 2.29. The van der Waals surface area contributed by atoms with Crippen LogP contribution in [0.3, 0.4) is 0 Å². The van der Waals surface area contributed by atoms with Gasteiger partial charge in [-0.3, -0.25) is 10.1 Å². The van der Waals surface area contributed by atoms with Crippen LogP contribution >= 0.6 is 0 Å². The van der Waals surface area contributed by atoms with Gasteiger partial charge in [0.1, 0.15) is 0 Å². The van der Waals surface area contributed by atoms with Crippen LogP contribution in [0.5, 0.6) is 0 Å². The van der Waals surface area contributed by atoms with Crippen molar-refractivity contribution in [2.75, 3.05) is 0 Å². The normalized spacial score (nSPS) is 24.9. The van der Waals surface area contributed by atoms with Crippen LogP contribution in [-0.2, 0) is 21.4 Å². The molecule has 8 heteroatoms. The van der Waals surface area contributed by atoms with Crippen LogP contribution in [0.4, 0.5) is 0 Å². The molecular formula is C13H14N2O5S. The third kappa shape index (κ3) is 3.18. The Bertz CT molecular complexity index is 684. The Morgan fingerprint density at radius 1 is 1.29 bits per heavy atom. The molecule has 0 saturated carbocycles. The number of hydrogen-bond donors (Lipinski definition) is 1. The molecule has 2 atom stereocenters. The average molecular weight is 310 g/mol. The molecule has 0 spiro atoms. The fourth-order valence-electron chi connectivity index (χ4n) is 2.06. The maximum atomic E-state index is 11.6. The van der Waals surface area contributed by atoms with Gasteiger partial charge < -0.3 is 4.74 Å². The summed E-state index contributed by atoms with van der Waals surface area (Å²) < 4.78 is 28.6. The smallest absolute Gasteiger partial charge is 0.305 e. The lowest BCUT2D eigenvalue weighted by Gasteiger charge is -2.28. The molecule has 0 bridgehead atoms. The van der Waals surface area contributed by atoms with Gasteiger partial charge in [-0.15, -0.1) is 0 Å². The molecule has 0 aliphatic heterocycles. The van der Waals surface area contributed by atoms with Crippen LogP contribution < -0.4 is 5.14 Å².